The van der Waals surface area contributed by atoms with Gasteiger partial charge in [0.1, 0.15) is 0 Å². The van der Waals surface area contributed by atoms with E-state index in [2.05, 4.69) is 57.3 Å². The van der Waals surface area contributed by atoms with Crippen molar-refractivity contribution in [1.82, 2.24) is 5.32 Å². The van der Waals surface area contributed by atoms with Gasteiger partial charge in [-0.05, 0) is 36.3 Å². The van der Waals surface area contributed by atoms with Crippen molar-refractivity contribution in [1.29, 1.82) is 0 Å². The largest absolute Gasteiger partial charge is 0.374 e. The molecule has 0 aliphatic carbocycles. The van der Waals surface area contributed by atoms with E-state index in [0.717, 1.165) is 26.0 Å². The minimum absolute atomic E-state index is 0.0290. The molecule has 0 amide bonds. The van der Waals surface area contributed by atoms with Gasteiger partial charge in [0.05, 0.1) is 5.60 Å². The minimum Gasteiger partial charge on any atom is -0.374 e. The van der Waals surface area contributed by atoms with Gasteiger partial charge in [-0.3, -0.25) is 0 Å². The van der Waals surface area contributed by atoms with Gasteiger partial charge in [-0.1, -0.05) is 45.0 Å². The standard InChI is InChI=1S/C18H30N2O/c1-17(2,3)15-8-6-14(7-9-15)16(12-19)20-13-18(4)10-5-11-21-18/h6-9,16,20H,5,10-13,19H2,1-4H3. The molecule has 0 bridgehead atoms. The molecular weight excluding hydrogens is 260 g/mol. The van der Waals surface area contributed by atoms with Crippen LogP contribution in [0.1, 0.15) is 57.7 Å². The fraction of sp³-hybridized carbons (Fsp3) is 0.667. The summed E-state index contributed by atoms with van der Waals surface area (Å²) in [6.07, 6.45) is 2.28. The summed E-state index contributed by atoms with van der Waals surface area (Å²) < 4.78 is 5.83. The van der Waals surface area contributed by atoms with Crippen LogP contribution in [0.2, 0.25) is 0 Å². The molecule has 3 N–H and O–H groups in total. The molecule has 1 aliphatic heterocycles. The molecule has 0 saturated carbocycles. The van der Waals surface area contributed by atoms with E-state index in [4.69, 9.17) is 10.5 Å². The first-order valence-corrected chi connectivity index (χ1v) is 8.02. The summed E-state index contributed by atoms with van der Waals surface area (Å²) in [6, 6.07) is 9.02. The van der Waals surface area contributed by atoms with Crippen LogP contribution in [-0.4, -0.2) is 25.3 Å². The lowest BCUT2D eigenvalue weighted by Crippen LogP contribution is -2.41. The number of benzene rings is 1. The van der Waals surface area contributed by atoms with Gasteiger partial charge >= 0.3 is 0 Å². The Bertz CT molecular complexity index is 441. The van der Waals surface area contributed by atoms with Crippen molar-refractivity contribution >= 4 is 0 Å². The normalized spacial score (nSPS) is 24.2. The third-order valence-electron chi connectivity index (χ3n) is 4.44. The molecule has 1 heterocycles. The van der Waals surface area contributed by atoms with Crippen molar-refractivity contribution in [3.05, 3.63) is 35.4 Å². The Morgan fingerprint density at radius 1 is 1.29 bits per heavy atom. The highest BCUT2D eigenvalue weighted by Gasteiger charge is 2.30. The zero-order valence-corrected chi connectivity index (χ0v) is 13.9. The lowest BCUT2D eigenvalue weighted by atomic mass is 9.86. The highest BCUT2D eigenvalue weighted by Crippen LogP contribution is 2.26. The van der Waals surface area contributed by atoms with Crippen molar-refractivity contribution in [2.24, 2.45) is 5.73 Å². The smallest absolute Gasteiger partial charge is 0.0779 e. The van der Waals surface area contributed by atoms with E-state index >= 15 is 0 Å². The van der Waals surface area contributed by atoms with E-state index in [1.165, 1.54) is 11.1 Å². The molecule has 1 aromatic carbocycles. The molecule has 21 heavy (non-hydrogen) atoms. The maximum atomic E-state index is 5.95. The van der Waals surface area contributed by atoms with Crippen LogP contribution in [0, 0.1) is 0 Å². The van der Waals surface area contributed by atoms with Gasteiger partial charge in [0.25, 0.3) is 0 Å². The van der Waals surface area contributed by atoms with Crippen LogP contribution in [0.3, 0.4) is 0 Å². The highest BCUT2D eigenvalue weighted by atomic mass is 16.5. The number of nitrogens with one attached hydrogen (secondary N) is 1. The van der Waals surface area contributed by atoms with Crippen LogP contribution >= 0.6 is 0 Å². The fourth-order valence-corrected chi connectivity index (χ4v) is 2.87. The molecule has 0 radical (unpaired) electrons. The lowest BCUT2D eigenvalue weighted by Gasteiger charge is -2.27. The molecule has 2 rings (SSSR count). The average Bonchev–Trinajstić information content (AvgIpc) is 2.86. The molecule has 2 atom stereocenters. The lowest BCUT2D eigenvalue weighted by molar-refractivity contribution is 0.0189. The summed E-state index contributed by atoms with van der Waals surface area (Å²) in [5.41, 5.74) is 8.73. The first-order chi connectivity index (χ1) is 9.84. The summed E-state index contributed by atoms with van der Waals surface area (Å²) in [7, 11) is 0. The van der Waals surface area contributed by atoms with Crippen LogP contribution < -0.4 is 11.1 Å². The van der Waals surface area contributed by atoms with Crippen LogP contribution in [0.4, 0.5) is 0 Å². The van der Waals surface area contributed by atoms with E-state index in [1.54, 1.807) is 0 Å². The van der Waals surface area contributed by atoms with E-state index in [1.807, 2.05) is 0 Å². The summed E-state index contributed by atoms with van der Waals surface area (Å²) in [4.78, 5) is 0. The first-order valence-electron chi connectivity index (χ1n) is 8.02. The minimum atomic E-state index is -0.0290. The second-order valence-corrected chi connectivity index (χ2v) is 7.44. The molecule has 1 saturated heterocycles. The van der Waals surface area contributed by atoms with Crippen molar-refractivity contribution in [3.63, 3.8) is 0 Å². The third kappa shape index (κ3) is 4.29. The summed E-state index contributed by atoms with van der Waals surface area (Å²) in [6.45, 7) is 11.2. The predicted molar refractivity (Wildman–Crippen MR) is 88.5 cm³/mol. The molecule has 1 aliphatic rings. The monoisotopic (exact) mass is 290 g/mol. The van der Waals surface area contributed by atoms with Crippen LogP contribution in [-0.2, 0) is 10.2 Å². The Labute approximate surface area is 129 Å². The highest BCUT2D eigenvalue weighted by molar-refractivity contribution is 5.29. The number of hydrogen-bond acceptors (Lipinski definition) is 3. The maximum Gasteiger partial charge on any atom is 0.0779 e. The second-order valence-electron chi connectivity index (χ2n) is 7.44. The molecule has 2 unspecified atom stereocenters. The van der Waals surface area contributed by atoms with Crippen LogP contribution in [0.5, 0.6) is 0 Å². The Kier molecular flexibility index (Phi) is 5.07. The molecular formula is C18H30N2O. The third-order valence-corrected chi connectivity index (χ3v) is 4.44. The Morgan fingerprint density at radius 2 is 1.95 bits per heavy atom. The zero-order chi connectivity index (χ0) is 15.5. The van der Waals surface area contributed by atoms with Crippen LogP contribution in [0.25, 0.3) is 0 Å². The topological polar surface area (TPSA) is 47.3 Å². The molecule has 1 aromatic rings. The second kappa shape index (κ2) is 6.47. The molecule has 3 nitrogen and oxygen atoms in total. The van der Waals surface area contributed by atoms with Gasteiger partial charge in [-0.15, -0.1) is 0 Å². The number of rotatable bonds is 5. The van der Waals surface area contributed by atoms with E-state index in [0.29, 0.717) is 6.54 Å². The molecule has 3 heteroatoms. The van der Waals surface area contributed by atoms with Crippen molar-refractivity contribution in [2.75, 3.05) is 19.7 Å². The summed E-state index contributed by atoms with van der Waals surface area (Å²) in [5, 5.41) is 3.58. The van der Waals surface area contributed by atoms with Gasteiger partial charge in [-0.25, -0.2) is 0 Å². The maximum absolute atomic E-state index is 5.95. The fourth-order valence-electron chi connectivity index (χ4n) is 2.87. The van der Waals surface area contributed by atoms with Crippen molar-refractivity contribution < 1.29 is 4.74 Å². The van der Waals surface area contributed by atoms with Gasteiger partial charge < -0.3 is 15.8 Å². The summed E-state index contributed by atoms with van der Waals surface area (Å²) >= 11 is 0. The van der Waals surface area contributed by atoms with Crippen molar-refractivity contribution in [3.8, 4) is 0 Å². The molecule has 118 valence electrons. The van der Waals surface area contributed by atoms with E-state index < -0.39 is 0 Å². The Morgan fingerprint density at radius 3 is 2.43 bits per heavy atom. The Balaban J connectivity index is 2.00. The van der Waals surface area contributed by atoms with Gasteiger partial charge in [-0.2, -0.15) is 0 Å². The first kappa shape index (κ1) is 16.5. The number of hydrogen-bond donors (Lipinski definition) is 2. The number of nitrogens with two attached hydrogens (primary N) is 1. The predicted octanol–water partition coefficient (Wildman–Crippen LogP) is 3.14. The zero-order valence-electron chi connectivity index (χ0n) is 13.9. The summed E-state index contributed by atoms with van der Waals surface area (Å²) in [5.74, 6) is 0. The molecule has 1 fully saturated rings. The van der Waals surface area contributed by atoms with Gasteiger partial charge in [0.2, 0.25) is 0 Å². The SMILES string of the molecule is CC1(CNC(CN)c2ccc(C(C)(C)C)cc2)CCCO1. The van der Waals surface area contributed by atoms with E-state index in [-0.39, 0.29) is 17.1 Å². The average molecular weight is 290 g/mol. The van der Waals surface area contributed by atoms with Gasteiger partial charge in [0, 0.05) is 25.7 Å². The number of ether oxygens (including phenoxy) is 1. The molecule has 0 spiro atoms. The van der Waals surface area contributed by atoms with E-state index in [9.17, 15) is 0 Å². The van der Waals surface area contributed by atoms with Crippen molar-refractivity contribution in [2.45, 2.75) is 57.6 Å². The molecule has 0 aromatic heterocycles. The quantitative estimate of drug-likeness (QED) is 0.876. The Hall–Kier alpha value is -0.900. The van der Waals surface area contributed by atoms with Gasteiger partial charge in [0.15, 0.2) is 0 Å². The van der Waals surface area contributed by atoms with Crippen LogP contribution in [0.15, 0.2) is 24.3 Å².